The Kier molecular flexibility index (Phi) is 5.98. The molecule has 4 rings (SSSR count). The van der Waals surface area contributed by atoms with Crippen molar-refractivity contribution in [2.24, 2.45) is 4.99 Å². The summed E-state index contributed by atoms with van der Waals surface area (Å²) in [4.78, 5) is 38.7. The number of benzene rings is 3. The SMILES string of the molecule is Cc1ccc2nc(N=C(NC(=O)c3ccccc3)NC(=O)c3ccccc3)nc(C)c2c1. The van der Waals surface area contributed by atoms with Crippen molar-refractivity contribution in [3.05, 3.63) is 101 Å². The minimum Gasteiger partial charge on any atom is -0.292 e. The van der Waals surface area contributed by atoms with Crippen LogP contribution >= 0.6 is 0 Å². The predicted octanol–water partition coefficient (Wildman–Crippen LogP) is 4.09. The Balaban J connectivity index is 1.70. The van der Waals surface area contributed by atoms with E-state index in [0.717, 1.165) is 22.2 Å². The van der Waals surface area contributed by atoms with Crippen LogP contribution in [-0.2, 0) is 0 Å². The van der Waals surface area contributed by atoms with Gasteiger partial charge in [-0.25, -0.2) is 9.97 Å². The molecule has 0 aliphatic rings. The minimum absolute atomic E-state index is 0.0569. The minimum atomic E-state index is -0.411. The highest BCUT2D eigenvalue weighted by Crippen LogP contribution is 2.19. The molecular weight excluding hydrogens is 402 g/mol. The number of carbonyl (C=O) groups is 2. The molecule has 0 spiro atoms. The Labute approximate surface area is 185 Å². The van der Waals surface area contributed by atoms with E-state index in [9.17, 15) is 9.59 Å². The zero-order valence-corrected chi connectivity index (χ0v) is 17.7. The fraction of sp³-hybridized carbons (Fsp3) is 0.0800. The number of amides is 2. The van der Waals surface area contributed by atoms with E-state index < -0.39 is 11.8 Å². The van der Waals surface area contributed by atoms with E-state index in [1.54, 1.807) is 48.5 Å². The molecule has 0 radical (unpaired) electrons. The summed E-state index contributed by atoms with van der Waals surface area (Å²) in [6, 6.07) is 23.2. The second-order valence-electron chi connectivity index (χ2n) is 7.23. The van der Waals surface area contributed by atoms with Crippen LogP contribution in [0.3, 0.4) is 0 Å². The monoisotopic (exact) mass is 423 g/mol. The van der Waals surface area contributed by atoms with Gasteiger partial charge in [-0.05, 0) is 50.2 Å². The maximum Gasteiger partial charge on any atom is 0.257 e. The molecule has 1 heterocycles. The van der Waals surface area contributed by atoms with Gasteiger partial charge in [0.2, 0.25) is 5.96 Å². The standard InChI is InChI=1S/C25H21N5O2/c1-16-13-14-21-20(15-16)17(2)26-24(27-21)30-25(28-22(31)18-9-5-3-6-10-18)29-23(32)19-11-7-4-8-12-19/h3-15H,1-2H3,(H2,26,27,28,29,30,31,32). The van der Waals surface area contributed by atoms with Crippen LogP contribution in [0.2, 0.25) is 0 Å². The van der Waals surface area contributed by atoms with Gasteiger partial charge in [0.05, 0.1) is 11.2 Å². The summed E-state index contributed by atoms with van der Waals surface area (Å²) in [7, 11) is 0. The lowest BCUT2D eigenvalue weighted by molar-refractivity contribution is 0.0966. The molecule has 4 aromatic rings. The third-order valence-electron chi connectivity index (χ3n) is 4.78. The first-order valence-electron chi connectivity index (χ1n) is 10.1. The van der Waals surface area contributed by atoms with Crippen LogP contribution in [0.5, 0.6) is 0 Å². The first kappa shape index (κ1) is 20.9. The van der Waals surface area contributed by atoms with Crippen molar-refractivity contribution >= 4 is 34.6 Å². The first-order valence-corrected chi connectivity index (χ1v) is 10.1. The highest BCUT2D eigenvalue weighted by atomic mass is 16.2. The molecule has 2 amide bonds. The van der Waals surface area contributed by atoms with Gasteiger partial charge in [0.15, 0.2) is 0 Å². The molecule has 1 aromatic heterocycles. The second-order valence-corrected chi connectivity index (χ2v) is 7.23. The van der Waals surface area contributed by atoms with E-state index >= 15 is 0 Å². The Bertz CT molecular complexity index is 1260. The summed E-state index contributed by atoms with van der Waals surface area (Å²) in [6.07, 6.45) is 0. The highest BCUT2D eigenvalue weighted by molar-refractivity contribution is 6.13. The lowest BCUT2D eigenvalue weighted by atomic mass is 10.1. The number of nitrogens with one attached hydrogen (secondary N) is 2. The van der Waals surface area contributed by atoms with Gasteiger partial charge in [0, 0.05) is 16.5 Å². The number of hydrogen-bond donors (Lipinski definition) is 2. The maximum atomic E-state index is 12.7. The highest BCUT2D eigenvalue weighted by Gasteiger charge is 2.14. The quantitative estimate of drug-likeness (QED) is 0.383. The van der Waals surface area contributed by atoms with Crippen molar-refractivity contribution in [2.75, 3.05) is 0 Å². The lowest BCUT2D eigenvalue weighted by Gasteiger charge is -2.11. The van der Waals surface area contributed by atoms with Crippen LogP contribution in [0, 0.1) is 13.8 Å². The molecule has 7 heteroatoms. The van der Waals surface area contributed by atoms with Crippen LogP contribution in [0.1, 0.15) is 32.0 Å². The van der Waals surface area contributed by atoms with E-state index in [1.165, 1.54) is 0 Å². The molecule has 0 aliphatic carbocycles. The van der Waals surface area contributed by atoms with E-state index in [2.05, 4.69) is 25.6 Å². The van der Waals surface area contributed by atoms with E-state index in [1.807, 2.05) is 44.2 Å². The molecule has 7 nitrogen and oxygen atoms in total. The fourth-order valence-corrected chi connectivity index (χ4v) is 3.16. The maximum absolute atomic E-state index is 12.7. The van der Waals surface area contributed by atoms with Crippen LogP contribution in [0.4, 0.5) is 5.95 Å². The van der Waals surface area contributed by atoms with Crippen LogP contribution < -0.4 is 10.6 Å². The normalized spacial score (nSPS) is 10.4. The summed E-state index contributed by atoms with van der Waals surface area (Å²) in [5.41, 5.74) is 3.44. The topological polar surface area (TPSA) is 96.3 Å². The third-order valence-corrected chi connectivity index (χ3v) is 4.78. The Morgan fingerprint density at radius 2 is 1.31 bits per heavy atom. The largest absolute Gasteiger partial charge is 0.292 e. The number of aryl methyl sites for hydroxylation is 2. The summed E-state index contributed by atoms with van der Waals surface area (Å²) < 4.78 is 0. The van der Waals surface area contributed by atoms with E-state index in [0.29, 0.717) is 11.1 Å². The Morgan fingerprint density at radius 1 is 0.750 bits per heavy atom. The van der Waals surface area contributed by atoms with Gasteiger partial charge >= 0.3 is 0 Å². The summed E-state index contributed by atoms with van der Waals surface area (Å²) in [6.45, 7) is 3.87. The average Bonchev–Trinajstić information content (AvgIpc) is 2.80. The van der Waals surface area contributed by atoms with Gasteiger partial charge < -0.3 is 0 Å². The van der Waals surface area contributed by atoms with Gasteiger partial charge in [-0.3, -0.25) is 20.2 Å². The van der Waals surface area contributed by atoms with Crippen molar-refractivity contribution in [1.29, 1.82) is 0 Å². The fourth-order valence-electron chi connectivity index (χ4n) is 3.16. The van der Waals surface area contributed by atoms with Crippen molar-refractivity contribution in [3.63, 3.8) is 0 Å². The molecule has 2 N–H and O–H groups in total. The van der Waals surface area contributed by atoms with E-state index in [-0.39, 0.29) is 11.9 Å². The average molecular weight is 423 g/mol. The number of hydrogen-bond acceptors (Lipinski definition) is 5. The van der Waals surface area contributed by atoms with Gasteiger partial charge in [-0.2, -0.15) is 4.99 Å². The number of guanidine groups is 1. The predicted molar refractivity (Wildman–Crippen MR) is 124 cm³/mol. The molecule has 0 fully saturated rings. The van der Waals surface area contributed by atoms with E-state index in [4.69, 9.17) is 0 Å². The number of carbonyl (C=O) groups excluding carboxylic acids is 2. The van der Waals surface area contributed by atoms with Gasteiger partial charge in [0.25, 0.3) is 17.8 Å². The summed E-state index contributed by atoms with van der Waals surface area (Å²) >= 11 is 0. The molecule has 0 aliphatic heterocycles. The molecule has 0 saturated heterocycles. The summed E-state index contributed by atoms with van der Waals surface area (Å²) in [5.74, 6) is -0.745. The van der Waals surface area contributed by atoms with Gasteiger partial charge in [-0.1, -0.05) is 48.0 Å². The van der Waals surface area contributed by atoms with Crippen molar-refractivity contribution in [1.82, 2.24) is 20.6 Å². The van der Waals surface area contributed by atoms with Crippen LogP contribution in [0.25, 0.3) is 10.9 Å². The number of aliphatic imine (C=N–C) groups is 1. The van der Waals surface area contributed by atoms with Crippen LogP contribution in [0.15, 0.2) is 83.9 Å². The molecule has 32 heavy (non-hydrogen) atoms. The number of rotatable bonds is 3. The van der Waals surface area contributed by atoms with Crippen molar-refractivity contribution in [3.8, 4) is 0 Å². The second kappa shape index (κ2) is 9.18. The number of aromatic nitrogens is 2. The molecule has 0 bridgehead atoms. The van der Waals surface area contributed by atoms with Gasteiger partial charge in [0.1, 0.15) is 0 Å². The summed E-state index contributed by atoms with van der Waals surface area (Å²) in [5, 5.41) is 6.24. The third kappa shape index (κ3) is 4.84. The van der Waals surface area contributed by atoms with Crippen LogP contribution in [-0.4, -0.2) is 27.7 Å². The first-order chi connectivity index (χ1) is 15.5. The number of nitrogens with zero attached hydrogens (tertiary/aromatic N) is 3. The Hall–Kier alpha value is -4.39. The van der Waals surface area contributed by atoms with Crippen molar-refractivity contribution in [2.45, 2.75) is 13.8 Å². The molecular formula is C25H21N5O2. The molecule has 158 valence electrons. The Morgan fingerprint density at radius 3 is 1.88 bits per heavy atom. The zero-order chi connectivity index (χ0) is 22.5. The molecule has 0 atom stereocenters. The lowest BCUT2D eigenvalue weighted by Crippen LogP contribution is -2.43. The smallest absolute Gasteiger partial charge is 0.257 e. The molecule has 0 saturated carbocycles. The van der Waals surface area contributed by atoms with Crippen molar-refractivity contribution < 1.29 is 9.59 Å². The molecule has 3 aromatic carbocycles. The van der Waals surface area contributed by atoms with Gasteiger partial charge in [-0.15, -0.1) is 0 Å². The number of fused-ring (bicyclic) bond motifs is 1. The zero-order valence-electron chi connectivity index (χ0n) is 17.7. The molecule has 0 unspecified atom stereocenters.